The van der Waals surface area contributed by atoms with Gasteiger partial charge in [-0.3, -0.25) is 5.10 Å². The largest absolute Gasteiger partial charge is 0.377 e. The number of aryl methyl sites for hydroxylation is 1. The number of hydrogen-bond acceptors (Lipinski definition) is 4. The minimum Gasteiger partial charge on any atom is -0.377 e. The molecule has 6 heteroatoms. The van der Waals surface area contributed by atoms with Crippen molar-refractivity contribution in [1.82, 2.24) is 25.0 Å². The van der Waals surface area contributed by atoms with E-state index in [2.05, 4.69) is 34.4 Å². The smallest absolute Gasteiger partial charge is 0.176 e. The Kier molecular flexibility index (Phi) is 4.03. The fourth-order valence-corrected chi connectivity index (χ4v) is 2.99. The molecule has 0 radical (unpaired) electrons. The molecule has 0 saturated heterocycles. The summed E-state index contributed by atoms with van der Waals surface area (Å²) in [5, 5.41) is 12.9. The van der Waals surface area contributed by atoms with Gasteiger partial charge in [0, 0.05) is 18.1 Å². The number of hydrogen-bond donors (Lipinski definition) is 1. The molecule has 0 spiro atoms. The molecule has 0 amide bonds. The Bertz CT molecular complexity index is 1020. The van der Waals surface area contributed by atoms with E-state index < -0.39 is 0 Å². The lowest BCUT2D eigenvalue weighted by atomic mass is 10.1. The average molecular weight is 333 g/mol. The summed E-state index contributed by atoms with van der Waals surface area (Å²) < 4.78 is 7.16. The van der Waals surface area contributed by atoms with Gasteiger partial charge in [0.25, 0.3) is 0 Å². The fraction of sp³-hybridized carbons (Fsp3) is 0.211. The minimum absolute atomic E-state index is 0.382. The molecule has 0 aliphatic heterocycles. The second-order valence-electron chi connectivity index (χ2n) is 6.01. The van der Waals surface area contributed by atoms with Crippen molar-refractivity contribution < 1.29 is 4.74 Å². The first-order valence-corrected chi connectivity index (χ1v) is 8.16. The van der Waals surface area contributed by atoms with E-state index >= 15 is 0 Å². The Hall–Kier alpha value is -2.99. The van der Waals surface area contributed by atoms with Crippen LogP contribution >= 0.6 is 0 Å². The molecule has 0 aliphatic rings. The number of methoxy groups -OCH3 is 1. The van der Waals surface area contributed by atoms with Gasteiger partial charge in [0.15, 0.2) is 11.6 Å². The van der Waals surface area contributed by atoms with Crippen molar-refractivity contribution in [2.24, 2.45) is 0 Å². The molecule has 0 saturated carbocycles. The summed E-state index contributed by atoms with van der Waals surface area (Å²) in [6, 6.07) is 14.4. The van der Waals surface area contributed by atoms with Gasteiger partial charge in [-0.05, 0) is 24.1 Å². The van der Waals surface area contributed by atoms with Crippen LogP contribution in [0.25, 0.3) is 22.3 Å². The van der Waals surface area contributed by atoms with Crippen LogP contribution in [0.1, 0.15) is 17.0 Å². The molecule has 0 aliphatic carbocycles. The van der Waals surface area contributed by atoms with Gasteiger partial charge in [0.2, 0.25) is 0 Å². The van der Waals surface area contributed by atoms with Gasteiger partial charge in [-0.25, -0.2) is 9.67 Å². The van der Waals surface area contributed by atoms with Gasteiger partial charge in [-0.1, -0.05) is 36.4 Å². The lowest BCUT2D eigenvalue weighted by Gasteiger charge is -2.09. The van der Waals surface area contributed by atoms with Gasteiger partial charge in [0.1, 0.15) is 6.61 Å². The Labute approximate surface area is 145 Å². The van der Waals surface area contributed by atoms with Crippen LogP contribution in [0.2, 0.25) is 0 Å². The molecular weight excluding hydrogens is 314 g/mol. The second-order valence-corrected chi connectivity index (χ2v) is 6.01. The zero-order valence-electron chi connectivity index (χ0n) is 14.2. The van der Waals surface area contributed by atoms with Crippen LogP contribution < -0.4 is 0 Å². The minimum atomic E-state index is 0.382. The van der Waals surface area contributed by atoms with E-state index in [0.29, 0.717) is 19.0 Å². The first kappa shape index (κ1) is 15.5. The molecule has 0 atom stereocenters. The number of aromatic amines is 1. The molecule has 6 nitrogen and oxygen atoms in total. The number of fused-ring (bicyclic) bond motifs is 1. The molecular formula is C19H19N5O. The van der Waals surface area contributed by atoms with E-state index in [1.165, 1.54) is 11.1 Å². The van der Waals surface area contributed by atoms with Crippen molar-refractivity contribution in [3.63, 3.8) is 0 Å². The zero-order chi connectivity index (χ0) is 17.2. The van der Waals surface area contributed by atoms with Crippen molar-refractivity contribution in [3.05, 3.63) is 65.6 Å². The van der Waals surface area contributed by atoms with E-state index in [0.717, 1.165) is 22.3 Å². The Morgan fingerprint density at radius 2 is 2.00 bits per heavy atom. The van der Waals surface area contributed by atoms with Crippen LogP contribution in [0.5, 0.6) is 0 Å². The quantitative estimate of drug-likeness (QED) is 0.608. The van der Waals surface area contributed by atoms with Crippen molar-refractivity contribution in [2.75, 3.05) is 7.11 Å². The molecule has 2 heterocycles. The van der Waals surface area contributed by atoms with Gasteiger partial charge < -0.3 is 4.74 Å². The highest BCUT2D eigenvalue weighted by molar-refractivity contribution is 5.91. The molecule has 126 valence electrons. The molecule has 2 aromatic carbocycles. The van der Waals surface area contributed by atoms with Gasteiger partial charge in [-0.15, -0.1) is 0 Å². The molecule has 1 N–H and O–H groups in total. The summed E-state index contributed by atoms with van der Waals surface area (Å²) in [6.45, 7) is 3.15. The zero-order valence-corrected chi connectivity index (χ0v) is 14.2. The standard InChI is InChI=1S/C19H19N5O/c1-13-6-3-4-7-15(13)11-24-19(21-17(23-24)12-25-2)16-9-5-8-14-10-20-22-18(14)16/h3-10H,11-12H2,1-2H3,(H,20,22). The third-order valence-electron chi connectivity index (χ3n) is 4.29. The highest BCUT2D eigenvalue weighted by atomic mass is 16.5. The normalized spacial score (nSPS) is 11.3. The maximum Gasteiger partial charge on any atom is 0.176 e. The van der Waals surface area contributed by atoms with Crippen LogP contribution in [-0.2, 0) is 17.9 Å². The van der Waals surface area contributed by atoms with Crippen molar-refractivity contribution >= 4 is 10.9 Å². The number of benzene rings is 2. The monoisotopic (exact) mass is 333 g/mol. The highest BCUT2D eigenvalue weighted by Crippen LogP contribution is 2.26. The Morgan fingerprint density at radius 3 is 2.84 bits per heavy atom. The summed E-state index contributed by atoms with van der Waals surface area (Å²) in [4.78, 5) is 4.70. The topological polar surface area (TPSA) is 68.6 Å². The predicted molar refractivity (Wildman–Crippen MR) is 96.1 cm³/mol. The molecule has 2 aromatic heterocycles. The lowest BCUT2D eigenvalue weighted by molar-refractivity contribution is 0.177. The van der Waals surface area contributed by atoms with Gasteiger partial charge >= 0.3 is 0 Å². The number of nitrogens with zero attached hydrogens (tertiary/aromatic N) is 4. The number of H-pyrrole nitrogens is 1. The van der Waals surface area contributed by atoms with Crippen LogP contribution in [0.3, 0.4) is 0 Å². The SMILES string of the molecule is COCc1nc(-c2cccc3cn[nH]c23)n(Cc2ccccc2C)n1. The molecule has 4 aromatic rings. The summed E-state index contributed by atoms with van der Waals surface area (Å²) in [6.07, 6.45) is 1.82. The van der Waals surface area contributed by atoms with E-state index in [1.807, 2.05) is 41.2 Å². The number of ether oxygens (including phenoxy) is 1. The number of para-hydroxylation sites is 1. The number of nitrogens with one attached hydrogen (secondary N) is 1. The predicted octanol–water partition coefficient (Wildman–Crippen LogP) is 3.32. The Morgan fingerprint density at radius 1 is 1.12 bits per heavy atom. The first-order valence-electron chi connectivity index (χ1n) is 8.16. The summed E-state index contributed by atoms with van der Waals surface area (Å²) >= 11 is 0. The molecule has 0 fully saturated rings. The highest BCUT2D eigenvalue weighted by Gasteiger charge is 2.16. The van der Waals surface area contributed by atoms with E-state index in [9.17, 15) is 0 Å². The number of aromatic nitrogens is 5. The molecule has 0 bridgehead atoms. The number of rotatable bonds is 5. The lowest BCUT2D eigenvalue weighted by Crippen LogP contribution is -2.06. The average Bonchev–Trinajstić information content (AvgIpc) is 3.24. The summed E-state index contributed by atoms with van der Waals surface area (Å²) in [7, 11) is 1.65. The van der Waals surface area contributed by atoms with Crippen molar-refractivity contribution in [2.45, 2.75) is 20.1 Å². The second kappa shape index (κ2) is 6.49. The summed E-state index contributed by atoms with van der Waals surface area (Å²) in [5.74, 6) is 1.48. The van der Waals surface area contributed by atoms with Crippen molar-refractivity contribution in [3.8, 4) is 11.4 Å². The fourth-order valence-electron chi connectivity index (χ4n) is 2.99. The third-order valence-corrected chi connectivity index (χ3v) is 4.29. The molecule has 0 unspecified atom stereocenters. The van der Waals surface area contributed by atoms with E-state index in [4.69, 9.17) is 9.72 Å². The van der Waals surface area contributed by atoms with Crippen LogP contribution in [0.4, 0.5) is 0 Å². The molecule has 25 heavy (non-hydrogen) atoms. The van der Waals surface area contributed by atoms with Crippen LogP contribution in [0, 0.1) is 6.92 Å². The first-order chi connectivity index (χ1) is 12.3. The van der Waals surface area contributed by atoms with Crippen molar-refractivity contribution in [1.29, 1.82) is 0 Å². The summed E-state index contributed by atoms with van der Waals surface area (Å²) in [5.41, 5.74) is 4.40. The maximum atomic E-state index is 5.22. The van der Waals surface area contributed by atoms with Crippen LogP contribution in [0.15, 0.2) is 48.7 Å². The maximum absolute atomic E-state index is 5.22. The molecule has 4 rings (SSSR count). The Balaban J connectivity index is 1.84. The van der Waals surface area contributed by atoms with Gasteiger partial charge in [0.05, 0.1) is 18.3 Å². The third kappa shape index (κ3) is 2.92. The van der Waals surface area contributed by atoms with Gasteiger partial charge in [-0.2, -0.15) is 10.2 Å². The van der Waals surface area contributed by atoms with E-state index in [1.54, 1.807) is 7.11 Å². The van der Waals surface area contributed by atoms with E-state index in [-0.39, 0.29) is 0 Å². The van der Waals surface area contributed by atoms with Crippen LogP contribution in [-0.4, -0.2) is 32.1 Å².